The zero-order valence-electron chi connectivity index (χ0n) is 14.8. The third kappa shape index (κ3) is 4.54. The number of carbonyl (C=O) groups excluding carboxylic acids is 1. The van der Waals surface area contributed by atoms with Crippen molar-refractivity contribution < 1.29 is 4.79 Å². The Morgan fingerprint density at radius 1 is 1.38 bits per heavy atom. The van der Waals surface area contributed by atoms with Gasteiger partial charge in [-0.05, 0) is 55.5 Å². The predicted molar refractivity (Wildman–Crippen MR) is 101 cm³/mol. The van der Waals surface area contributed by atoms with Gasteiger partial charge in [0.1, 0.15) is 0 Å². The van der Waals surface area contributed by atoms with Crippen LogP contribution in [-0.2, 0) is 11.3 Å². The molecular formula is C19H27N3OS. The van der Waals surface area contributed by atoms with Crippen LogP contribution in [0.2, 0.25) is 0 Å². The van der Waals surface area contributed by atoms with E-state index in [1.165, 1.54) is 31.5 Å². The summed E-state index contributed by atoms with van der Waals surface area (Å²) in [7, 11) is 0. The average molecular weight is 346 g/mol. The summed E-state index contributed by atoms with van der Waals surface area (Å²) in [4.78, 5) is 19.0. The van der Waals surface area contributed by atoms with Crippen LogP contribution in [0, 0.1) is 11.8 Å². The first-order chi connectivity index (χ1) is 11.5. The maximum absolute atomic E-state index is 11.9. The maximum Gasteiger partial charge on any atom is 0.226 e. The van der Waals surface area contributed by atoms with Crippen LogP contribution in [0.5, 0.6) is 0 Å². The van der Waals surface area contributed by atoms with Crippen LogP contribution < -0.4 is 5.32 Å². The molecule has 5 heteroatoms. The van der Waals surface area contributed by atoms with Crippen molar-refractivity contribution in [3.8, 4) is 0 Å². The van der Waals surface area contributed by atoms with Gasteiger partial charge in [0, 0.05) is 13.0 Å². The summed E-state index contributed by atoms with van der Waals surface area (Å²) in [6.45, 7) is 9.83. The molecular weight excluding hydrogens is 318 g/mol. The van der Waals surface area contributed by atoms with Crippen molar-refractivity contribution >= 4 is 32.6 Å². The molecule has 0 unspecified atom stereocenters. The van der Waals surface area contributed by atoms with Crippen LogP contribution in [0.25, 0.3) is 10.2 Å². The Morgan fingerprint density at radius 2 is 2.12 bits per heavy atom. The summed E-state index contributed by atoms with van der Waals surface area (Å²) in [6, 6.07) is 6.47. The number of nitrogens with zero attached hydrogens (tertiary/aromatic N) is 2. The van der Waals surface area contributed by atoms with E-state index in [4.69, 9.17) is 0 Å². The van der Waals surface area contributed by atoms with Crippen molar-refractivity contribution in [2.24, 2.45) is 11.8 Å². The van der Waals surface area contributed by atoms with Crippen molar-refractivity contribution in [1.29, 1.82) is 0 Å². The Bertz CT molecular complexity index is 702. The fourth-order valence-electron chi connectivity index (χ4n) is 3.14. The molecule has 1 N–H and O–H groups in total. The smallest absolute Gasteiger partial charge is 0.226 e. The maximum atomic E-state index is 11.9. The molecule has 0 aliphatic carbocycles. The Kier molecular flexibility index (Phi) is 5.51. The highest BCUT2D eigenvalue weighted by atomic mass is 32.1. The molecule has 1 aromatic heterocycles. The van der Waals surface area contributed by atoms with Crippen LogP contribution in [0.1, 0.15) is 45.6 Å². The first-order valence-corrected chi connectivity index (χ1v) is 9.73. The third-order valence-electron chi connectivity index (χ3n) is 4.58. The molecule has 1 aromatic carbocycles. The van der Waals surface area contributed by atoms with E-state index in [9.17, 15) is 4.79 Å². The van der Waals surface area contributed by atoms with Gasteiger partial charge < -0.3 is 5.32 Å². The summed E-state index contributed by atoms with van der Waals surface area (Å²) in [5, 5.41) is 3.63. The molecule has 3 rings (SSSR count). The molecule has 0 radical (unpaired) electrons. The highest BCUT2D eigenvalue weighted by Gasteiger charge is 2.16. The van der Waals surface area contributed by atoms with Gasteiger partial charge in [0.15, 0.2) is 5.13 Å². The molecule has 1 amide bonds. The van der Waals surface area contributed by atoms with Crippen molar-refractivity contribution in [1.82, 2.24) is 9.88 Å². The van der Waals surface area contributed by atoms with E-state index < -0.39 is 0 Å². The lowest BCUT2D eigenvalue weighted by Crippen LogP contribution is -2.32. The number of amides is 1. The number of likely N-dealkylation sites (tertiary alicyclic amines) is 1. The van der Waals surface area contributed by atoms with Gasteiger partial charge >= 0.3 is 0 Å². The van der Waals surface area contributed by atoms with Gasteiger partial charge in [0.2, 0.25) is 5.91 Å². The normalized spacial score (nSPS) is 16.8. The van der Waals surface area contributed by atoms with E-state index >= 15 is 0 Å². The Labute approximate surface area is 148 Å². The van der Waals surface area contributed by atoms with Gasteiger partial charge in [-0.25, -0.2) is 4.98 Å². The number of anilines is 1. The van der Waals surface area contributed by atoms with E-state index in [0.29, 0.717) is 17.5 Å². The second-order valence-electron chi connectivity index (χ2n) is 7.43. The number of nitrogens with one attached hydrogen (secondary N) is 1. The predicted octanol–water partition coefficient (Wildman–Crippen LogP) is 4.51. The summed E-state index contributed by atoms with van der Waals surface area (Å²) < 4.78 is 1.15. The molecule has 0 spiro atoms. The molecule has 1 fully saturated rings. The third-order valence-corrected chi connectivity index (χ3v) is 5.51. The van der Waals surface area contributed by atoms with Gasteiger partial charge in [0.25, 0.3) is 0 Å². The topological polar surface area (TPSA) is 45.2 Å². The molecule has 24 heavy (non-hydrogen) atoms. The Balaban J connectivity index is 1.66. The lowest BCUT2D eigenvalue weighted by atomic mass is 9.99. The first-order valence-electron chi connectivity index (χ1n) is 8.91. The van der Waals surface area contributed by atoms with Crippen LogP contribution in [0.3, 0.4) is 0 Å². The summed E-state index contributed by atoms with van der Waals surface area (Å²) in [5.41, 5.74) is 2.30. The van der Waals surface area contributed by atoms with E-state index in [0.717, 1.165) is 22.7 Å². The number of aromatic nitrogens is 1. The standard InChI is InChI=1S/C19H27N3OS/c1-13(2)10-18(23)21-19-20-16-5-4-15(11-17(16)24-19)12-22-8-6-14(3)7-9-22/h4-5,11,13-14H,6-10,12H2,1-3H3,(H,20,21,23). The largest absolute Gasteiger partial charge is 0.302 e. The number of carbonyl (C=O) groups is 1. The molecule has 2 heterocycles. The minimum absolute atomic E-state index is 0.0479. The van der Waals surface area contributed by atoms with Gasteiger partial charge in [0.05, 0.1) is 10.2 Å². The molecule has 4 nitrogen and oxygen atoms in total. The Morgan fingerprint density at radius 3 is 2.83 bits per heavy atom. The number of hydrogen-bond acceptors (Lipinski definition) is 4. The van der Waals surface area contributed by atoms with Crippen molar-refractivity contribution in [3.05, 3.63) is 23.8 Å². The van der Waals surface area contributed by atoms with Crippen LogP contribution >= 0.6 is 11.3 Å². The minimum Gasteiger partial charge on any atom is -0.302 e. The second kappa shape index (κ2) is 7.62. The van der Waals surface area contributed by atoms with Gasteiger partial charge in [-0.3, -0.25) is 9.69 Å². The van der Waals surface area contributed by atoms with Crippen LogP contribution in [0.4, 0.5) is 5.13 Å². The monoisotopic (exact) mass is 345 g/mol. The summed E-state index contributed by atoms with van der Waals surface area (Å²) >= 11 is 1.57. The van der Waals surface area contributed by atoms with Gasteiger partial charge in [-0.15, -0.1) is 0 Å². The van der Waals surface area contributed by atoms with Gasteiger partial charge in [-0.2, -0.15) is 0 Å². The molecule has 1 aliphatic heterocycles. The number of thiazole rings is 1. The molecule has 0 bridgehead atoms. The summed E-state index contributed by atoms with van der Waals surface area (Å²) in [6.07, 6.45) is 3.14. The van der Waals surface area contributed by atoms with E-state index in [-0.39, 0.29) is 5.91 Å². The number of rotatable bonds is 5. The van der Waals surface area contributed by atoms with Crippen molar-refractivity contribution in [3.63, 3.8) is 0 Å². The zero-order valence-corrected chi connectivity index (χ0v) is 15.7. The van der Waals surface area contributed by atoms with Crippen LogP contribution in [0.15, 0.2) is 18.2 Å². The van der Waals surface area contributed by atoms with Gasteiger partial charge in [-0.1, -0.05) is 38.2 Å². The lowest BCUT2D eigenvalue weighted by Gasteiger charge is -2.30. The molecule has 1 aliphatic rings. The minimum atomic E-state index is 0.0479. The van der Waals surface area contributed by atoms with E-state index in [1.807, 2.05) is 13.8 Å². The SMILES string of the molecule is CC(C)CC(=O)Nc1nc2ccc(CN3CCC(C)CC3)cc2s1. The molecule has 2 aromatic rings. The highest BCUT2D eigenvalue weighted by Crippen LogP contribution is 2.28. The summed E-state index contributed by atoms with van der Waals surface area (Å²) in [5.74, 6) is 1.27. The number of fused-ring (bicyclic) bond motifs is 1. The van der Waals surface area contributed by atoms with Crippen molar-refractivity contribution in [2.45, 2.75) is 46.6 Å². The molecule has 130 valence electrons. The fourth-order valence-corrected chi connectivity index (χ4v) is 4.09. The molecule has 0 atom stereocenters. The van der Waals surface area contributed by atoms with E-state index in [1.54, 1.807) is 11.3 Å². The zero-order chi connectivity index (χ0) is 17.1. The van der Waals surface area contributed by atoms with E-state index in [2.05, 4.69) is 40.3 Å². The average Bonchev–Trinajstić information content (AvgIpc) is 2.90. The number of hydrogen-bond donors (Lipinski definition) is 1. The molecule has 0 saturated carbocycles. The van der Waals surface area contributed by atoms with Crippen molar-refractivity contribution in [2.75, 3.05) is 18.4 Å². The second-order valence-corrected chi connectivity index (χ2v) is 8.46. The molecule has 1 saturated heterocycles. The fraction of sp³-hybridized carbons (Fsp3) is 0.579. The number of piperidine rings is 1. The number of benzene rings is 1. The highest BCUT2D eigenvalue weighted by molar-refractivity contribution is 7.22. The quantitative estimate of drug-likeness (QED) is 0.867. The lowest BCUT2D eigenvalue weighted by molar-refractivity contribution is -0.116. The van der Waals surface area contributed by atoms with Crippen LogP contribution in [-0.4, -0.2) is 28.9 Å². The Hall–Kier alpha value is -1.46. The first kappa shape index (κ1) is 17.4.